The summed E-state index contributed by atoms with van der Waals surface area (Å²) in [5, 5.41) is 0. The molecule has 1 aliphatic rings. The Morgan fingerprint density at radius 2 is 1.75 bits per heavy atom. The summed E-state index contributed by atoms with van der Waals surface area (Å²) in [4.78, 5) is 21.5. The Labute approximate surface area is 141 Å². The fraction of sp³-hybridized carbons (Fsp3) is 0.167. The molecule has 3 heterocycles. The van der Waals surface area contributed by atoms with Crippen molar-refractivity contribution in [2.45, 2.75) is 17.9 Å². The summed E-state index contributed by atoms with van der Waals surface area (Å²) in [6, 6.07) is 11.3. The van der Waals surface area contributed by atoms with Gasteiger partial charge in [-0.25, -0.2) is 4.98 Å². The maximum Gasteiger partial charge on any atom is 0.200 e. The fourth-order valence-electron chi connectivity index (χ4n) is 3.02. The van der Waals surface area contributed by atoms with E-state index in [0.717, 1.165) is 27.4 Å². The normalized spacial score (nSPS) is 14.6. The van der Waals surface area contributed by atoms with Gasteiger partial charge in [-0.3, -0.25) is 14.0 Å². The summed E-state index contributed by atoms with van der Waals surface area (Å²) < 4.78 is 13.6. The fourth-order valence-corrected chi connectivity index (χ4v) is 3.54. The van der Waals surface area contributed by atoms with E-state index in [-0.39, 0.29) is 5.78 Å². The molecule has 0 radical (unpaired) electrons. The Hall–Kier alpha value is -2.60. The Balaban J connectivity index is 1.91. The minimum absolute atomic E-state index is 0.0721. The van der Waals surface area contributed by atoms with E-state index >= 15 is 0 Å². The lowest BCUT2D eigenvalue weighted by molar-refractivity contribution is 0.0990. The SMILES string of the molecule is CS(=O)c1ccc(-c2nc3n(c2-c2ccncc2)CCC3=O)cc1. The predicted molar refractivity (Wildman–Crippen MR) is 92.2 cm³/mol. The van der Waals surface area contributed by atoms with Crippen molar-refractivity contribution in [3.05, 3.63) is 54.6 Å². The molecule has 0 spiro atoms. The van der Waals surface area contributed by atoms with Crippen molar-refractivity contribution >= 4 is 16.6 Å². The highest BCUT2D eigenvalue weighted by atomic mass is 32.2. The molecule has 2 aromatic heterocycles. The summed E-state index contributed by atoms with van der Waals surface area (Å²) in [6.45, 7) is 0.649. The lowest BCUT2D eigenvalue weighted by Crippen LogP contribution is -1.97. The molecular formula is C18H15N3O2S. The monoisotopic (exact) mass is 337 g/mol. The first-order valence-corrected chi connectivity index (χ1v) is 9.19. The van der Waals surface area contributed by atoms with Crippen LogP contribution in [-0.4, -0.2) is 30.8 Å². The van der Waals surface area contributed by atoms with Gasteiger partial charge in [-0.05, 0) is 24.3 Å². The highest BCUT2D eigenvalue weighted by Gasteiger charge is 2.28. The van der Waals surface area contributed by atoms with Crippen molar-refractivity contribution in [3.8, 4) is 22.5 Å². The number of carbonyl (C=O) groups is 1. The van der Waals surface area contributed by atoms with Crippen LogP contribution < -0.4 is 0 Å². The molecule has 3 aromatic rings. The molecule has 5 nitrogen and oxygen atoms in total. The molecule has 1 unspecified atom stereocenters. The molecule has 0 N–H and O–H groups in total. The molecule has 0 bridgehead atoms. The van der Waals surface area contributed by atoms with E-state index in [1.165, 1.54) is 0 Å². The minimum atomic E-state index is -1.02. The Morgan fingerprint density at radius 3 is 2.42 bits per heavy atom. The number of rotatable bonds is 3. The number of nitrogens with zero attached hydrogens (tertiary/aromatic N) is 3. The maximum absolute atomic E-state index is 12.1. The summed E-state index contributed by atoms with van der Waals surface area (Å²) >= 11 is 0. The zero-order valence-corrected chi connectivity index (χ0v) is 13.9. The first-order chi connectivity index (χ1) is 11.6. The highest BCUT2D eigenvalue weighted by molar-refractivity contribution is 7.84. The van der Waals surface area contributed by atoms with E-state index < -0.39 is 10.8 Å². The summed E-state index contributed by atoms with van der Waals surface area (Å²) in [5.74, 6) is 0.586. The largest absolute Gasteiger partial charge is 0.321 e. The van der Waals surface area contributed by atoms with Gasteiger partial charge in [0, 0.05) is 58.4 Å². The standard InChI is InChI=1S/C18H15N3O2S/c1-24(23)14-4-2-12(3-5-14)16-17(13-6-9-19-10-7-13)21-11-8-15(22)18(21)20-16/h2-7,9-10H,8,11H2,1H3. The smallest absolute Gasteiger partial charge is 0.200 e. The summed E-state index contributed by atoms with van der Waals surface area (Å²) in [5.41, 5.74) is 3.60. The van der Waals surface area contributed by atoms with E-state index in [4.69, 9.17) is 0 Å². The topological polar surface area (TPSA) is 64.8 Å². The van der Waals surface area contributed by atoms with Crippen LogP contribution in [0.1, 0.15) is 17.0 Å². The molecule has 1 atom stereocenters. The number of benzene rings is 1. The quantitative estimate of drug-likeness (QED) is 0.737. The van der Waals surface area contributed by atoms with Gasteiger partial charge in [0.25, 0.3) is 0 Å². The number of carbonyl (C=O) groups excluding carboxylic acids is 1. The zero-order valence-electron chi connectivity index (χ0n) is 13.1. The lowest BCUT2D eigenvalue weighted by Gasteiger charge is -2.08. The average molecular weight is 337 g/mol. The molecule has 0 saturated heterocycles. The number of pyridine rings is 1. The molecular weight excluding hydrogens is 322 g/mol. The van der Waals surface area contributed by atoms with E-state index in [0.29, 0.717) is 18.8 Å². The minimum Gasteiger partial charge on any atom is -0.321 e. The van der Waals surface area contributed by atoms with Crippen molar-refractivity contribution in [1.82, 2.24) is 14.5 Å². The number of ketones is 1. The van der Waals surface area contributed by atoms with Gasteiger partial charge in [-0.15, -0.1) is 0 Å². The Morgan fingerprint density at radius 1 is 1.04 bits per heavy atom. The van der Waals surface area contributed by atoms with E-state index in [9.17, 15) is 9.00 Å². The van der Waals surface area contributed by atoms with Crippen LogP contribution in [-0.2, 0) is 17.3 Å². The molecule has 24 heavy (non-hydrogen) atoms. The maximum atomic E-state index is 12.1. The Kier molecular flexibility index (Phi) is 3.61. The van der Waals surface area contributed by atoms with Crippen LogP contribution >= 0.6 is 0 Å². The number of aromatic nitrogens is 3. The van der Waals surface area contributed by atoms with Crippen molar-refractivity contribution in [2.24, 2.45) is 0 Å². The van der Waals surface area contributed by atoms with Crippen LogP contribution in [0.4, 0.5) is 0 Å². The van der Waals surface area contributed by atoms with Crippen LogP contribution in [0.3, 0.4) is 0 Å². The van der Waals surface area contributed by atoms with Crippen molar-refractivity contribution in [2.75, 3.05) is 6.26 Å². The molecule has 4 rings (SSSR count). The molecule has 1 aliphatic heterocycles. The van der Waals surface area contributed by atoms with Crippen LogP contribution in [0.5, 0.6) is 0 Å². The molecule has 6 heteroatoms. The van der Waals surface area contributed by atoms with Crippen molar-refractivity contribution in [1.29, 1.82) is 0 Å². The summed E-state index contributed by atoms with van der Waals surface area (Å²) in [7, 11) is -1.02. The van der Waals surface area contributed by atoms with E-state index in [1.807, 2.05) is 41.0 Å². The lowest BCUT2D eigenvalue weighted by atomic mass is 10.1. The number of hydrogen-bond donors (Lipinski definition) is 0. The number of fused-ring (bicyclic) bond motifs is 1. The zero-order chi connectivity index (χ0) is 16.7. The number of hydrogen-bond acceptors (Lipinski definition) is 4. The average Bonchev–Trinajstić information content (AvgIpc) is 3.16. The second-order valence-electron chi connectivity index (χ2n) is 5.67. The number of Topliss-reactive ketones (excluding diaryl/α,β-unsaturated/α-hetero) is 1. The second-order valence-corrected chi connectivity index (χ2v) is 7.05. The molecule has 0 aliphatic carbocycles. The van der Waals surface area contributed by atoms with Crippen LogP contribution in [0.25, 0.3) is 22.5 Å². The van der Waals surface area contributed by atoms with Crippen LogP contribution in [0.15, 0.2) is 53.7 Å². The first-order valence-electron chi connectivity index (χ1n) is 7.63. The number of imidazole rings is 1. The van der Waals surface area contributed by atoms with E-state index in [2.05, 4.69) is 9.97 Å². The molecule has 0 saturated carbocycles. The first kappa shape index (κ1) is 15.0. The van der Waals surface area contributed by atoms with Gasteiger partial charge in [-0.1, -0.05) is 12.1 Å². The molecule has 120 valence electrons. The Bertz CT molecular complexity index is 946. The van der Waals surface area contributed by atoms with Crippen molar-refractivity contribution in [3.63, 3.8) is 0 Å². The van der Waals surface area contributed by atoms with Gasteiger partial charge < -0.3 is 4.57 Å². The summed E-state index contributed by atoms with van der Waals surface area (Å²) in [6.07, 6.45) is 5.62. The van der Waals surface area contributed by atoms with Gasteiger partial charge >= 0.3 is 0 Å². The van der Waals surface area contributed by atoms with Gasteiger partial charge in [0.1, 0.15) is 0 Å². The molecule has 0 fully saturated rings. The van der Waals surface area contributed by atoms with Gasteiger partial charge in [0.15, 0.2) is 11.6 Å². The van der Waals surface area contributed by atoms with Crippen molar-refractivity contribution < 1.29 is 9.00 Å². The van der Waals surface area contributed by atoms with E-state index in [1.54, 1.807) is 18.6 Å². The van der Waals surface area contributed by atoms with Crippen LogP contribution in [0.2, 0.25) is 0 Å². The van der Waals surface area contributed by atoms with Gasteiger partial charge in [0.05, 0.1) is 11.4 Å². The molecule has 1 aromatic carbocycles. The van der Waals surface area contributed by atoms with Gasteiger partial charge in [0.2, 0.25) is 0 Å². The third kappa shape index (κ3) is 2.39. The molecule has 0 amide bonds. The third-order valence-electron chi connectivity index (χ3n) is 4.19. The van der Waals surface area contributed by atoms with Crippen LogP contribution in [0, 0.1) is 0 Å². The third-order valence-corrected chi connectivity index (χ3v) is 5.13. The predicted octanol–water partition coefficient (Wildman–Crippen LogP) is 2.94. The second kappa shape index (κ2) is 5.79. The highest BCUT2D eigenvalue weighted by Crippen LogP contribution is 2.35. The van der Waals surface area contributed by atoms with Gasteiger partial charge in [-0.2, -0.15) is 0 Å².